The third kappa shape index (κ3) is 4.73. The van der Waals surface area contributed by atoms with E-state index in [0.717, 1.165) is 23.5 Å². The predicted molar refractivity (Wildman–Crippen MR) is 138 cm³/mol. The van der Waals surface area contributed by atoms with E-state index >= 15 is 0 Å². The van der Waals surface area contributed by atoms with Crippen LogP contribution in [0.1, 0.15) is 5.56 Å². The summed E-state index contributed by atoms with van der Waals surface area (Å²) in [6.07, 6.45) is 0. The molecule has 1 saturated heterocycles. The Morgan fingerprint density at radius 2 is 1.66 bits per heavy atom. The highest BCUT2D eigenvalue weighted by molar-refractivity contribution is 5.91. The van der Waals surface area contributed by atoms with Crippen molar-refractivity contribution in [2.24, 2.45) is 0 Å². The van der Waals surface area contributed by atoms with Gasteiger partial charge in [0, 0.05) is 32.2 Å². The standard InChI is InChI=1S/C27H29N5O3/c1-34-21-12-13-25(35-2)23(18-21)29-27(33)31-16-14-30(15-17-31)26-28-22-10-6-7-11-24(22)32(26)19-20-8-4-3-5-9-20/h3-13,18H,14-17,19H2,1-2H3,(H,29,33). The first kappa shape index (κ1) is 22.6. The smallest absolute Gasteiger partial charge is 0.322 e. The van der Waals surface area contributed by atoms with E-state index in [0.29, 0.717) is 43.4 Å². The van der Waals surface area contributed by atoms with Crippen molar-refractivity contribution in [2.45, 2.75) is 6.54 Å². The summed E-state index contributed by atoms with van der Waals surface area (Å²) >= 11 is 0. The van der Waals surface area contributed by atoms with Gasteiger partial charge in [0.15, 0.2) is 0 Å². The van der Waals surface area contributed by atoms with Gasteiger partial charge in [-0.05, 0) is 29.8 Å². The number of anilines is 2. The largest absolute Gasteiger partial charge is 0.497 e. The Labute approximate surface area is 204 Å². The zero-order valence-corrected chi connectivity index (χ0v) is 20.0. The Balaban J connectivity index is 1.31. The molecule has 0 saturated carbocycles. The molecule has 0 bridgehead atoms. The molecule has 2 amide bonds. The maximum Gasteiger partial charge on any atom is 0.322 e. The van der Waals surface area contributed by atoms with E-state index in [2.05, 4.69) is 45.1 Å². The van der Waals surface area contributed by atoms with Gasteiger partial charge in [-0.3, -0.25) is 0 Å². The SMILES string of the molecule is COc1ccc(OC)c(NC(=O)N2CCN(c3nc4ccccc4n3Cc3ccccc3)CC2)c1. The van der Waals surface area contributed by atoms with Crippen molar-refractivity contribution in [1.82, 2.24) is 14.5 Å². The summed E-state index contributed by atoms with van der Waals surface area (Å²) in [5.41, 5.74) is 3.89. The number of nitrogens with one attached hydrogen (secondary N) is 1. The first-order valence-electron chi connectivity index (χ1n) is 11.7. The first-order valence-corrected chi connectivity index (χ1v) is 11.7. The van der Waals surface area contributed by atoms with Gasteiger partial charge in [0.25, 0.3) is 0 Å². The summed E-state index contributed by atoms with van der Waals surface area (Å²) in [6, 6.07) is 23.8. The number of rotatable bonds is 6. The van der Waals surface area contributed by atoms with Crippen molar-refractivity contribution in [2.75, 3.05) is 50.6 Å². The molecule has 0 unspecified atom stereocenters. The van der Waals surface area contributed by atoms with Gasteiger partial charge in [-0.15, -0.1) is 0 Å². The van der Waals surface area contributed by atoms with E-state index in [1.54, 1.807) is 32.4 Å². The molecule has 180 valence electrons. The number of methoxy groups -OCH3 is 2. The second-order valence-electron chi connectivity index (χ2n) is 8.44. The summed E-state index contributed by atoms with van der Waals surface area (Å²) in [5.74, 6) is 2.18. The lowest BCUT2D eigenvalue weighted by molar-refractivity contribution is 0.207. The second kappa shape index (κ2) is 9.97. The monoisotopic (exact) mass is 471 g/mol. The number of urea groups is 1. The number of hydrogen-bond acceptors (Lipinski definition) is 5. The number of para-hydroxylation sites is 2. The van der Waals surface area contributed by atoms with E-state index in [9.17, 15) is 4.79 Å². The van der Waals surface area contributed by atoms with Crippen LogP contribution in [-0.4, -0.2) is 60.9 Å². The molecule has 5 rings (SSSR count). The van der Waals surface area contributed by atoms with E-state index in [1.165, 1.54) is 5.56 Å². The summed E-state index contributed by atoms with van der Waals surface area (Å²) in [6.45, 7) is 3.31. The fraction of sp³-hybridized carbons (Fsp3) is 0.259. The van der Waals surface area contributed by atoms with Crippen molar-refractivity contribution in [3.63, 3.8) is 0 Å². The number of hydrogen-bond donors (Lipinski definition) is 1. The molecule has 1 aromatic heterocycles. The van der Waals surface area contributed by atoms with Gasteiger partial charge in [0.1, 0.15) is 11.5 Å². The molecule has 0 radical (unpaired) electrons. The van der Waals surface area contributed by atoms with E-state index in [1.807, 2.05) is 29.2 Å². The van der Waals surface area contributed by atoms with Crippen LogP contribution < -0.4 is 19.7 Å². The molecule has 35 heavy (non-hydrogen) atoms. The van der Waals surface area contributed by atoms with Gasteiger partial charge in [0.2, 0.25) is 5.95 Å². The number of amides is 2. The number of aromatic nitrogens is 2. The molecule has 8 nitrogen and oxygen atoms in total. The fourth-order valence-electron chi connectivity index (χ4n) is 4.44. The van der Waals surface area contributed by atoms with Crippen molar-refractivity contribution in [3.8, 4) is 11.5 Å². The fourth-order valence-corrected chi connectivity index (χ4v) is 4.44. The van der Waals surface area contributed by atoms with Crippen LogP contribution in [0.15, 0.2) is 72.8 Å². The number of carbonyl (C=O) groups is 1. The molecule has 1 N–H and O–H groups in total. The van der Waals surface area contributed by atoms with Crippen LogP contribution in [0.3, 0.4) is 0 Å². The third-order valence-electron chi connectivity index (χ3n) is 6.32. The average molecular weight is 472 g/mol. The molecule has 4 aromatic rings. The number of piperazine rings is 1. The van der Waals surface area contributed by atoms with Gasteiger partial charge in [-0.2, -0.15) is 0 Å². The molecule has 2 heterocycles. The highest BCUT2D eigenvalue weighted by atomic mass is 16.5. The number of fused-ring (bicyclic) bond motifs is 1. The predicted octanol–water partition coefficient (Wildman–Crippen LogP) is 4.46. The molecule has 0 atom stereocenters. The molecule has 1 aliphatic heterocycles. The molecule has 1 fully saturated rings. The minimum absolute atomic E-state index is 0.158. The van der Waals surface area contributed by atoms with Crippen LogP contribution in [0.4, 0.5) is 16.4 Å². The molecule has 0 spiro atoms. The Bertz CT molecular complexity index is 1310. The van der Waals surface area contributed by atoms with Gasteiger partial charge in [0.05, 0.1) is 37.5 Å². The Morgan fingerprint density at radius 1 is 0.914 bits per heavy atom. The van der Waals surface area contributed by atoms with Gasteiger partial charge >= 0.3 is 6.03 Å². The Morgan fingerprint density at radius 3 is 2.40 bits per heavy atom. The lowest BCUT2D eigenvalue weighted by Gasteiger charge is -2.35. The van der Waals surface area contributed by atoms with Crippen LogP contribution in [0.5, 0.6) is 11.5 Å². The highest BCUT2D eigenvalue weighted by Crippen LogP contribution is 2.30. The van der Waals surface area contributed by atoms with Gasteiger partial charge < -0.3 is 29.2 Å². The zero-order chi connectivity index (χ0) is 24.2. The Hall–Kier alpha value is -4.20. The summed E-state index contributed by atoms with van der Waals surface area (Å²) < 4.78 is 12.9. The second-order valence-corrected chi connectivity index (χ2v) is 8.44. The lowest BCUT2D eigenvalue weighted by atomic mass is 10.2. The quantitative estimate of drug-likeness (QED) is 0.450. The summed E-state index contributed by atoms with van der Waals surface area (Å²) in [4.78, 5) is 22.0. The third-order valence-corrected chi connectivity index (χ3v) is 6.32. The van der Waals surface area contributed by atoms with E-state index < -0.39 is 0 Å². The molecule has 0 aliphatic carbocycles. The highest BCUT2D eigenvalue weighted by Gasteiger charge is 2.25. The first-order chi connectivity index (χ1) is 17.2. The van der Waals surface area contributed by atoms with Crippen molar-refractivity contribution in [1.29, 1.82) is 0 Å². The summed E-state index contributed by atoms with van der Waals surface area (Å²) in [7, 11) is 3.18. The van der Waals surface area contributed by atoms with Crippen LogP contribution in [0, 0.1) is 0 Å². The van der Waals surface area contributed by atoms with E-state index in [4.69, 9.17) is 14.5 Å². The maximum absolute atomic E-state index is 13.0. The molecule has 3 aromatic carbocycles. The number of carbonyl (C=O) groups excluding carboxylic acids is 1. The van der Waals surface area contributed by atoms with Gasteiger partial charge in [-0.25, -0.2) is 9.78 Å². The minimum Gasteiger partial charge on any atom is -0.497 e. The Kier molecular flexibility index (Phi) is 6.43. The lowest BCUT2D eigenvalue weighted by Crippen LogP contribution is -2.50. The normalized spacial score (nSPS) is 13.7. The number of benzene rings is 3. The van der Waals surface area contributed by atoms with Crippen molar-refractivity contribution >= 4 is 28.7 Å². The molecule has 1 aliphatic rings. The molecule has 8 heteroatoms. The maximum atomic E-state index is 13.0. The summed E-state index contributed by atoms with van der Waals surface area (Å²) in [5, 5.41) is 2.97. The average Bonchev–Trinajstić information content (AvgIpc) is 3.27. The zero-order valence-electron chi connectivity index (χ0n) is 20.0. The topological polar surface area (TPSA) is 71.9 Å². The van der Waals surface area contributed by atoms with Crippen LogP contribution >= 0.6 is 0 Å². The number of ether oxygens (including phenoxy) is 2. The molecular weight excluding hydrogens is 442 g/mol. The van der Waals surface area contributed by atoms with Crippen molar-refractivity contribution < 1.29 is 14.3 Å². The number of nitrogens with zero attached hydrogens (tertiary/aromatic N) is 4. The number of imidazole rings is 1. The van der Waals surface area contributed by atoms with Crippen LogP contribution in [0.25, 0.3) is 11.0 Å². The van der Waals surface area contributed by atoms with Crippen molar-refractivity contribution in [3.05, 3.63) is 78.4 Å². The van der Waals surface area contributed by atoms with Crippen LogP contribution in [-0.2, 0) is 6.54 Å². The van der Waals surface area contributed by atoms with Crippen LogP contribution in [0.2, 0.25) is 0 Å². The molecular formula is C27H29N5O3. The van der Waals surface area contributed by atoms with Gasteiger partial charge in [-0.1, -0.05) is 42.5 Å². The van der Waals surface area contributed by atoms with E-state index in [-0.39, 0.29) is 6.03 Å². The minimum atomic E-state index is -0.158.